The van der Waals surface area contributed by atoms with Crippen molar-refractivity contribution < 1.29 is 4.74 Å². The first kappa shape index (κ1) is 16.5. The number of morpholine rings is 1. The fraction of sp³-hybridized carbons (Fsp3) is 0.261. The number of imidazole rings is 1. The van der Waals surface area contributed by atoms with E-state index in [1.54, 1.807) is 0 Å². The summed E-state index contributed by atoms with van der Waals surface area (Å²) in [6, 6.07) is 23.6. The van der Waals surface area contributed by atoms with Crippen LogP contribution >= 0.6 is 0 Å². The fourth-order valence-corrected chi connectivity index (χ4v) is 3.98. The van der Waals surface area contributed by atoms with Crippen molar-refractivity contribution in [3.63, 3.8) is 0 Å². The third-order valence-corrected chi connectivity index (χ3v) is 5.41. The molecule has 5 rings (SSSR count). The summed E-state index contributed by atoms with van der Waals surface area (Å²) in [5, 5.41) is 2.60. The molecule has 0 aliphatic carbocycles. The van der Waals surface area contributed by atoms with E-state index in [0.29, 0.717) is 0 Å². The molecule has 0 bridgehead atoms. The number of ether oxygens (including phenoxy) is 1. The van der Waals surface area contributed by atoms with Crippen molar-refractivity contribution in [3.05, 3.63) is 78.1 Å². The van der Waals surface area contributed by atoms with E-state index in [1.165, 1.54) is 21.9 Å². The van der Waals surface area contributed by atoms with Gasteiger partial charge in [-0.2, -0.15) is 0 Å². The van der Waals surface area contributed by atoms with Crippen molar-refractivity contribution in [2.45, 2.75) is 13.1 Å². The molecule has 0 saturated carbocycles. The first-order chi connectivity index (χ1) is 13.4. The third kappa shape index (κ3) is 3.22. The highest BCUT2D eigenvalue weighted by atomic mass is 16.5. The molecule has 4 nitrogen and oxygen atoms in total. The van der Waals surface area contributed by atoms with Crippen LogP contribution in [0.2, 0.25) is 0 Å². The summed E-state index contributed by atoms with van der Waals surface area (Å²) in [4.78, 5) is 7.40. The first-order valence-corrected chi connectivity index (χ1v) is 9.59. The maximum absolute atomic E-state index is 5.50. The number of hydrogen-bond acceptors (Lipinski definition) is 3. The summed E-state index contributed by atoms with van der Waals surface area (Å²) in [5.41, 5.74) is 3.61. The Bertz CT molecular complexity index is 1070. The molecule has 4 aromatic rings. The lowest BCUT2D eigenvalue weighted by Gasteiger charge is -2.26. The Balaban J connectivity index is 1.57. The Labute approximate surface area is 159 Å². The van der Waals surface area contributed by atoms with Gasteiger partial charge >= 0.3 is 0 Å². The van der Waals surface area contributed by atoms with E-state index in [9.17, 15) is 0 Å². The van der Waals surface area contributed by atoms with Gasteiger partial charge in [-0.05, 0) is 28.5 Å². The molecule has 1 saturated heterocycles. The van der Waals surface area contributed by atoms with Crippen LogP contribution in [0.3, 0.4) is 0 Å². The Morgan fingerprint density at radius 3 is 2.52 bits per heavy atom. The van der Waals surface area contributed by atoms with Gasteiger partial charge in [0.2, 0.25) is 0 Å². The summed E-state index contributed by atoms with van der Waals surface area (Å²) in [5.74, 6) is 1.13. The van der Waals surface area contributed by atoms with Gasteiger partial charge in [-0.1, -0.05) is 54.6 Å². The number of nitrogens with zero attached hydrogens (tertiary/aromatic N) is 3. The lowest BCUT2D eigenvalue weighted by Crippen LogP contribution is -2.36. The van der Waals surface area contributed by atoms with Crippen LogP contribution in [0.4, 0.5) is 0 Å². The minimum absolute atomic E-state index is 0.809. The average Bonchev–Trinajstić information content (AvgIpc) is 3.06. The molecule has 3 aromatic carbocycles. The maximum Gasteiger partial charge on any atom is 0.124 e. The van der Waals surface area contributed by atoms with Gasteiger partial charge in [0.1, 0.15) is 5.82 Å². The second-order valence-electron chi connectivity index (χ2n) is 7.13. The highest BCUT2D eigenvalue weighted by Crippen LogP contribution is 2.24. The molecule has 136 valence electrons. The molecule has 2 heterocycles. The molecule has 4 heteroatoms. The summed E-state index contributed by atoms with van der Waals surface area (Å²) in [6.45, 7) is 5.26. The average molecular weight is 357 g/mol. The largest absolute Gasteiger partial charge is 0.379 e. The predicted octanol–water partition coefficient (Wildman–Crippen LogP) is 4.07. The summed E-state index contributed by atoms with van der Waals surface area (Å²) in [7, 11) is 0. The Morgan fingerprint density at radius 1 is 0.815 bits per heavy atom. The van der Waals surface area contributed by atoms with Gasteiger partial charge < -0.3 is 9.30 Å². The van der Waals surface area contributed by atoms with Gasteiger partial charge in [-0.3, -0.25) is 4.90 Å². The van der Waals surface area contributed by atoms with Crippen LogP contribution in [0.15, 0.2) is 66.7 Å². The number of aromatic nitrogens is 2. The molecular formula is C23H23N3O. The smallest absolute Gasteiger partial charge is 0.124 e. The van der Waals surface area contributed by atoms with Gasteiger partial charge in [0.15, 0.2) is 0 Å². The second-order valence-corrected chi connectivity index (χ2v) is 7.13. The zero-order chi connectivity index (χ0) is 18.1. The molecule has 1 aromatic heterocycles. The lowest BCUT2D eigenvalue weighted by molar-refractivity contribution is 0.0327. The van der Waals surface area contributed by atoms with E-state index in [1.807, 2.05) is 0 Å². The monoisotopic (exact) mass is 357 g/mol. The molecule has 27 heavy (non-hydrogen) atoms. The summed E-state index contributed by atoms with van der Waals surface area (Å²) in [6.07, 6.45) is 0. The number of fused-ring (bicyclic) bond motifs is 2. The molecule has 0 unspecified atom stereocenters. The van der Waals surface area contributed by atoms with Crippen molar-refractivity contribution in [1.82, 2.24) is 14.5 Å². The predicted molar refractivity (Wildman–Crippen MR) is 109 cm³/mol. The minimum atomic E-state index is 0.809. The van der Waals surface area contributed by atoms with Crippen molar-refractivity contribution in [1.29, 1.82) is 0 Å². The topological polar surface area (TPSA) is 30.3 Å². The van der Waals surface area contributed by atoms with Crippen LogP contribution in [0.25, 0.3) is 21.8 Å². The molecule has 1 aliphatic heterocycles. The summed E-state index contributed by atoms with van der Waals surface area (Å²) < 4.78 is 7.88. The zero-order valence-corrected chi connectivity index (χ0v) is 15.3. The molecule has 0 amide bonds. The first-order valence-electron chi connectivity index (χ1n) is 9.59. The lowest BCUT2D eigenvalue weighted by atomic mass is 10.0. The fourth-order valence-electron chi connectivity index (χ4n) is 3.98. The van der Waals surface area contributed by atoms with E-state index in [2.05, 4.69) is 76.2 Å². The van der Waals surface area contributed by atoms with E-state index < -0.39 is 0 Å². The van der Waals surface area contributed by atoms with Crippen LogP contribution in [0, 0.1) is 0 Å². The molecule has 0 spiro atoms. The summed E-state index contributed by atoms with van der Waals surface area (Å²) >= 11 is 0. The van der Waals surface area contributed by atoms with Gasteiger partial charge in [0.25, 0.3) is 0 Å². The standard InChI is InChI=1S/C23H23N3O/c1-2-9-20-18(6-1)7-5-8-19(20)16-26-22-11-4-3-10-21(22)24-23(26)17-25-12-14-27-15-13-25/h1-11H,12-17H2. The minimum Gasteiger partial charge on any atom is -0.379 e. The number of benzene rings is 3. The third-order valence-electron chi connectivity index (χ3n) is 5.41. The Kier molecular flexibility index (Phi) is 4.36. The van der Waals surface area contributed by atoms with Crippen LogP contribution < -0.4 is 0 Å². The Morgan fingerprint density at radius 2 is 1.59 bits per heavy atom. The quantitative estimate of drug-likeness (QED) is 0.551. The van der Waals surface area contributed by atoms with Gasteiger partial charge in [-0.25, -0.2) is 4.98 Å². The van der Waals surface area contributed by atoms with Crippen LogP contribution in [-0.4, -0.2) is 40.8 Å². The number of rotatable bonds is 4. The Hall–Kier alpha value is -2.69. The number of hydrogen-bond donors (Lipinski definition) is 0. The van der Waals surface area contributed by atoms with Crippen molar-refractivity contribution in [2.75, 3.05) is 26.3 Å². The highest BCUT2D eigenvalue weighted by Gasteiger charge is 2.17. The zero-order valence-electron chi connectivity index (χ0n) is 15.3. The maximum atomic E-state index is 5.50. The second kappa shape index (κ2) is 7.14. The van der Waals surface area contributed by atoms with E-state index in [0.717, 1.165) is 50.7 Å². The highest BCUT2D eigenvalue weighted by molar-refractivity contribution is 5.86. The van der Waals surface area contributed by atoms with Gasteiger partial charge in [0, 0.05) is 19.6 Å². The molecule has 0 atom stereocenters. The molecule has 1 aliphatic rings. The van der Waals surface area contributed by atoms with E-state index in [4.69, 9.17) is 9.72 Å². The van der Waals surface area contributed by atoms with Gasteiger partial charge in [-0.15, -0.1) is 0 Å². The molecule has 0 radical (unpaired) electrons. The molecule has 0 N–H and O–H groups in total. The van der Waals surface area contributed by atoms with Crippen LogP contribution in [-0.2, 0) is 17.8 Å². The van der Waals surface area contributed by atoms with Crippen LogP contribution in [0.1, 0.15) is 11.4 Å². The molecular weight excluding hydrogens is 334 g/mol. The van der Waals surface area contributed by atoms with E-state index >= 15 is 0 Å². The van der Waals surface area contributed by atoms with Crippen molar-refractivity contribution in [3.8, 4) is 0 Å². The molecule has 1 fully saturated rings. The van der Waals surface area contributed by atoms with Crippen molar-refractivity contribution in [2.24, 2.45) is 0 Å². The van der Waals surface area contributed by atoms with Crippen molar-refractivity contribution >= 4 is 21.8 Å². The van der Waals surface area contributed by atoms with E-state index in [-0.39, 0.29) is 0 Å². The normalized spacial score (nSPS) is 15.6. The van der Waals surface area contributed by atoms with Gasteiger partial charge in [0.05, 0.1) is 30.8 Å². The SMILES string of the molecule is c1ccc2c(Cn3c(CN4CCOCC4)nc4ccccc43)cccc2c1. The number of para-hydroxylation sites is 2. The van der Waals surface area contributed by atoms with Crippen LogP contribution in [0.5, 0.6) is 0 Å².